The highest BCUT2D eigenvalue weighted by Crippen LogP contribution is 2.30. The van der Waals surface area contributed by atoms with Crippen LogP contribution in [0.1, 0.15) is 19.0 Å². The molecule has 1 amide bonds. The molecule has 11 heteroatoms. The zero-order valence-electron chi connectivity index (χ0n) is 12.6. The van der Waals surface area contributed by atoms with Gasteiger partial charge in [0.1, 0.15) is 12.2 Å². The predicted molar refractivity (Wildman–Crippen MR) is 74.0 cm³/mol. The molecule has 23 heavy (non-hydrogen) atoms. The van der Waals surface area contributed by atoms with Gasteiger partial charge in [0.05, 0.1) is 11.0 Å². The summed E-state index contributed by atoms with van der Waals surface area (Å²) in [6.07, 6.45) is -4.63. The summed E-state index contributed by atoms with van der Waals surface area (Å²) in [6, 6.07) is -0.634. The van der Waals surface area contributed by atoms with E-state index in [0.717, 1.165) is 0 Å². The lowest BCUT2D eigenvalue weighted by atomic mass is 10.2. The van der Waals surface area contributed by atoms with E-state index in [1.165, 1.54) is 11.6 Å². The van der Waals surface area contributed by atoms with E-state index in [9.17, 15) is 28.1 Å². The van der Waals surface area contributed by atoms with E-state index in [-0.39, 0.29) is 30.2 Å². The summed E-state index contributed by atoms with van der Waals surface area (Å²) in [7, 11) is 0. The highest BCUT2D eigenvalue weighted by atomic mass is 19.4. The number of amides is 1. The van der Waals surface area contributed by atoms with Gasteiger partial charge in [-0.1, -0.05) is 0 Å². The summed E-state index contributed by atoms with van der Waals surface area (Å²) in [5.41, 5.74) is -0.0237. The van der Waals surface area contributed by atoms with Crippen molar-refractivity contribution in [1.29, 1.82) is 0 Å². The number of halogens is 3. The summed E-state index contributed by atoms with van der Waals surface area (Å²) >= 11 is 0. The van der Waals surface area contributed by atoms with Gasteiger partial charge in [0.2, 0.25) is 11.7 Å². The van der Waals surface area contributed by atoms with Crippen LogP contribution in [0.15, 0.2) is 0 Å². The quantitative estimate of drug-likeness (QED) is 0.653. The number of likely N-dealkylation sites (tertiary alicyclic amines) is 1. The number of hydrogen-bond donors (Lipinski definition) is 1. The number of hydrogen-bond acceptors (Lipinski definition) is 5. The van der Waals surface area contributed by atoms with Gasteiger partial charge in [-0.05, 0) is 13.8 Å². The second-order valence-corrected chi connectivity index (χ2v) is 5.29. The van der Waals surface area contributed by atoms with Crippen molar-refractivity contribution < 1.29 is 22.9 Å². The van der Waals surface area contributed by atoms with Gasteiger partial charge in [0.25, 0.3) is 0 Å². The second kappa shape index (κ2) is 6.05. The number of aryl methyl sites for hydroxylation is 2. The first-order valence-corrected chi connectivity index (χ1v) is 6.95. The molecule has 1 atom stereocenters. The molecule has 1 aromatic heterocycles. The van der Waals surface area contributed by atoms with Crippen LogP contribution in [0.3, 0.4) is 0 Å². The Morgan fingerprint density at radius 2 is 2.13 bits per heavy atom. The summed E-state index contributed by atoms with van der Waals surface area (Å²) < 4.78 is 38.6. The zero-order chi connectivity index (χ0) is 17.4. The van der Waals surface area contributed by atoms with Gasteiger partial charge < -0.3 is 10.2 Å². The van der Waals surface area contributed by atoms with Crippen LogP contribution < -0.4 is 5.32 Å². The average Bonchev–Trinajstić information content (AvgIpc) is 2.88. The maximum atomic E-state index is 12.4. The minimum Gasteiger partial charge on any atom is -0.359 e. The second-order valence-electron chi connectivity index (χ2n) is 5.29. The van der Waals surface area contributed by atoms with Gasteiger partial charge in [-0.3, -0.25) is 14.9 Å². The molecular formula is C12H16F3N5O3. The average molecular weight is 335 g/mol. The van der Waals surface area contributed by atoms with Crippen molar-refractivity contribution in [3.8, 4) is 0 Å². The standard InChI is InChI=1S/C12H16F3N5O3/c1-3-19-11(10(20(22)23)7(2)17-19)16-8-4-9(21)18(5-8)6-12(13,14)15/h8,16H,3-6H2,1-2H3/t8-/m1/s1. The maximum absolute atomic E-state index is 12.4. The third-order valence-electron chi connectivity index (χ3n) is 3.50. The summed E-state index contributed by atoms with van der Waals surface area (Å²) in [5, 5.41) is 18.0. The van der Waals surface area contributed by atoms with Crippen molar-refractivity contribution in [1.82, 2.24) is 14.7 Å². The first kappa shape index (κ1) is 17.0. The Morgan fingerprint density at radius 3 is 2.65 bits per heavy atom. The molecule has 0 aliphatic carbocycles. The number of rotatable bonds is 5. The maximum Gasteiger partial charge on any atom is 0.406 e. The van der Waals surface area contributed by atoms with E-state index in [1.54, 1.807) is 6.92 Å². The Hall–Kier alpha value is -2.33. The number of carbonyl (C=O) groups is 1. The van der Waals surface area contributed by atoms with Crippen LogP contribution >= 0.6 is 0 Å². The van der Waals surface area contributed by atoms with Crippen molar-refractivity contribution in [2.75, 3.05) is 18.4 Å². The molecule has 2 heterocycles. The summed E-state index contributed by atoms with van der Waals surface area (Å²) in [6.45, 7) is 2.08. The van der Waals surface area contributed by atoms with Gasteiger partial charge in [-0.2, -0.15) is 18.3 Å². The Labute approximate surface area is 129 Å². The molecule has 0 saturated carbocycles. The van der Waals surface area contributed by atoms with Crippen LogP contribution in [0.2, 0.25) is 0 Å². The Morgan fingerprint density at radius 1 is 1.48 bits per heavy atom. The number of alkyl halides is 3. The molecule has 0 radical (unpaired) electrons. The normalized spacial score (nSPS) is 18.6. The van der Waals surface area contributed by atoms with E-state index < -0.39 is 29.6 Å². The summed E-state index contributed by atoms with van der Waals surface area (Å²) in [5.74, 6) is -0.525. The molecule has 1 aliphatic heterocycles. The topological polar surface area (TPSA) is 93.3 Å². The first-order chi connectivity index (χ1) is 10.6. The number of nitro groups is 1. The molecule has 0 bridgehead atoms. The molecule has 2 rings (SSSR count). The molecule has 1 saturated heterocycles. The lowest BCUT2D eigenvalue weighted by molar-refractivity contribution is -0.384. The van der Waals surface area contributed by atoms with E-state index in [1.807, 2.05) is 0 Å². The van der Waals surface area contributed by atoms with E-state index in [2.05, 4.69) is 10.4 Å². The van der Waals surface area contributed by atoms with Crippen molar-refractivity contribution in [2.45, 2.75) is 39.0 Å². The highest BCUT2D eigenvalue weighted by molar-refractivity contribution is 5.80. The molecule has 0 spiro atoms. The predicted octanol–water partition coefficient (Wildman–Crippen LogP) is 1.69. The molecule has 0 aromatic carbocycles. The van der Waals surface area contributed by atoms with Crippen molar-refractivity contribution in [3.63, 3.8) is 0 Å². The van der Waals surface area contributed by atoms with Crippen molar-refractivity contribution in [2.24, 2.45) is 0 Å². The fraction of sp³-hybridized carbons (Fsp3) is 0.667. The van der Waals surface area contributed by atoms with Crippen molar-refractivity contribution in [3.05, 3.63) is 15.8 Å². The van der Waals surface area contributed by atoms with Crippen LogP contribution in [0, 0.1) is 17.0 Å². The fourth-order valence-corrected chi connectivity index (χ4v) is 2.59. The largest absolute Gasteiger partial charge is 0.406 e. The van der Waals surface area contributed by atoms with Crippen LogP contribution in [-0.2, 0) is 11.3 Å². The number of nitrogens with one attached hydrogen (secondary N) is 1. The van der Waals surface area contributed by atoms with Crippen molar-refractivity contribution >= 4 is 17.4 Å². The minimum absolute atomic E-state index is 0.113. The number of carbonyl (C=O) groups excluding carboxylic acids is 1. The molecule has 128 valence electrons. The van der Waals surface area contributed by atoms with Gasteiger partial charge in [-0.25, -0.2) is 4.68 Å². The molecule has 1 fully saturated rings. The molecule has 1 N–H and O–H groups in total. The lowest BCUT2D eigenvalue weighted by Gasteiger charge is -2.19. The van der Waals surface area contributed by atoms with Crippen LogP contribution in [-0.4, -0.2) is 50.8 Å². The molecular weight excluding hydrogens is 319 g/mol. The van der Waals surface area contributed by atoms with Crippen LogP contribution in [0.4, 0.5) is 24.7 Å². The fourth-order valence-electron chi connectivity index (χ4n) is 2.59. The highest BCUT2D eigenvalue weighted by Gasteiger charge is 2.39. The molecule has 1 aromatic rings. The Bertz CT molecular complexity index is 628. The summed E-state index contributed by atoms with van der Waals surface area (Å²) in [4.78, 5) is 22.9. The SMILES string of the molecule is CCn1nc(C)c([N+](=O)[O-])c1N[C@@H]1CC(=O)N(CC(F)(F)F)C1. The zero-order valence-corrected chi connectivity index (χ0v) is 12.6. The monoisotopic (exact) mass is 335 g/mol. The number of aromatic nitrogens is 2. The Balaban J connectivity index is 2.18. The van der Waals surface area contributed by atoms with Crippen LogP contribution in [0.25, 0.3) is 0 Å². The molecule has 8 nitrogen and oxygen atoms in total. The Kier molecular flexibility index (Phi) is 4.48. The first-order valence-electron chi connectivity index (χ1n) is 6.95. The van der Waals surface area contributed by atoms with E-state index >= 15 is 0 Å². The minimum atomic E-state index is -4.47. The van der Waals surface area contributed by atoms with Gasteiger partial charge in [0.15, 0.2) is 0 Å². The van der Waals surface area contributed by atoms with Gasteiger partial charge in [0, 0.05) is 19.5 Å². The number of nitrogens with zero attached hydrogens (tertiary/aromatic N) is 4. The van der Waals surface area contributed by atoms with E-state index in [4.69, 9.17) is 0 Å². The third-order valence-corrected chi connectivity index (χ3v) is 3.50. The van der Waals surface area contributed by atoms with Gasteiger partial charge in [-0.15, -0.1) is 0 Å². The number of anilines is 1. The van der Waals surface area contributed by atoms with Crippen LogP contribution in [0.5, 0.6) is 0 Å². The molecule has 1 aliphatic rings. The lowest BCUT2D eigenvalue weighted by Crippen LogP contribution is -2.36. The molecule has 0 unspecified atom stereocenters. The van der Waals surface area contributed by atoms with Gasteiger partial charge >= 0.3 is 11.9 Å². The third kappa shape index (κ3) is 3.71. The smallest absolute Gasteiger partial charge is 0.359 e. The van der Waals surface area contributed by atoms with E-state index in [0.29, 0.717) is 11.4 Å².